The van der Waals surface area contributed by atoms with Gasteiger partial charge in [-0.1, -0.05) is 30.3 Å². The number of rotatable bonds is 4. The predicted octanol–water partition coefficient (Wildman–Crippen LogP) is 0.627. The first-order valence-electron chi connectivity index (χ1n) is 6.32. The number of aliphatic hydroxyl groups excluding tert-OH is 2. The number of aliphatic hydroxyl groups is 2. The van der Waals surface area contributed by atoms with Crippen LogP contribution in [0.4, 0.5) is 0 Å². The van der Waals surface area contributed by atoms with Gasteiger partial charge in [0, 0.05) is 13.1 Å². The molecule has 18 heavy (non-hydrogen) atoms. The second-order valence-electron chi connectivity index (χ2n) is 5.04. The summed E-state index contributed by atoms with van der Waals surface area (Å²) in [6.45, 7) is 3.19. The monoisotopic (exact) mass is 251 g/mol. The Morgan fingerprint density at radius 2 is 1.83 bits per heavy atom. The first-order chi connectivity index (χ1) is 8.58. The normalized spacial score (nSPS) is 32.1. The summed E-state index contributed by atoms with van der Waals surface area (Å²) in [5, 5.41) is 19.5. The third-order valence-electron chi connectivity index (χ3n) is 3.39. The van der Waals surface area contributed by atoms with E-state index in [4.69, 9.17) is 4.74 Å². The van der Waals surface area contributed by atoms with Crippen molar-refractivity contribution in [2.75, 3.05) is 13.6 Å². The van der Waals surface area contributed by atoms with Crippen LogP contribution in [-0.4, -0.2) is 53.1 Å². The Labute approximate surface area is 108 Å². The molecule has 0 amide bonds. The van der Waals surface area contributed by atoms with Crippen LogP contribution < -0.4 is 0 Å². The minimum atomic E-state index is -0.793. The Morgan fingerprint density at radius 1 is 1.17 bits per heavy atom. The molecule has 4 unspecified atom stereocenters. The molecule has 2 N–H and O–H groups in total. The van der Waals surface area contributed by atoms with E-state index in [-0.39, 0.29) is 12.2 Å². The molecular formula is C14H21NO3. The molecule has 0 spiro atoms. The molecule has 4 nitrogen and oxygen atoms in total. The van der Waals surface area contributed by atoms with E-state index in [0.29, 0.717) is 6.54 Å². The summed E-state index contributed by atoms with van der Waals surface area (Å²) in [6.07, 6.45) is -2.18. The summed E-state index contributed by atoms with van der Waals surface area (Å²) >= 11 is 0. The third-order valence-corrected chi connectivity index (χ3v) is 3.39. The van der Waals surface area contributed by atoms with E-state index in [1.165, 1.54) is 5.56 Å². The van der Waals surface area contributed by atoms with Gasteiger partial charge in [-0.2, -0.15) is 0 Å². The SMILES string of the molecule is CC1OC(CN(C)Cc2ccccc2)C(O)C1O. The summed E-state index contributed by atoms with van der Waals surface area (Å²) < 4.78 is 5.55. The maximum absolute atomic E-state index is 9.84. The highest BCUT2D eigenvalue weighted by Gasteiger charge is 2.40. The summed E-state index contributed by atoms with van der Waals surface area (Å²) in [6, 6.07) is 10.1. The van der Waals surface area contributed by atoms with E-state index in [9.17, 15) is 10.2 Å². The van der Waals surface area contributed by atoms with Crippen molar-refractivity contribution >= 4 is 0 Å². The van der Waals surface area contributed by atoms with E-state index < -0.39 is 12.2 Å². The van der Waals surface area contributed by atoms with Gasteiger partial charge < -0.3 is 14.9 Å². The first kappa shape index (κ1) is 13.5. The highest BCUT2D eigenvalue weighted by Crippen LogP contribution is 2.21. The van der Waals surface area contributed by atoms with Crippen molar-refractivity contribution in [3.63, 3.8) is 0 Å². The van der Waals surface area contributed by atoms with Crippen molar-refractivity contribution in [3.8, 4) is 0 Å². The molecule has 4 atom stereocenters. The number of likely N-dealkylation sites (N-methyl/N-ethyl adjacent to an activating group) is 1. The van der Waals surface area contributed by atoms with Crippen LogP contribution in [0.1, 0.15) is 12.5 Å². The van der Waals surface area contributed by atoms with E-state index >= 15 is 0 Å². The molecule has 1 aromatic carbocycles. The zero-order chi connectivity index (χ0) is 13.1. The van der Waals surface area contributed by atoms with Crippen LogP contribution in [-0.2, 0) is 11.3 Å². The minimum absolute atomic E-state index is 0.296. The van der Waals surface area contributed by atoms with E-state index in [1.807, 2.05) is 25.2 Å². The Morgan fingerprint density at radius 3 is 2.39 bits per heavy atom. The maximum atomic E-state index is 9.84. The molecule has 2 rings (SSSR count). The Hall–Kier alpha value is -0.940. The standard InChI is InChI=1S/C14H21NO3/c1-10-13(16)14(17)12(18-10)9-15(2)8-11-6-4-3-5-7-11/h3-7,10,12-14,16-17H,8-9H2,1-2H3. The molecule has 1 heterocycles. The molecule has 0 aromatic heterocycles. The van der Waals surface area contributed by atoms with E-state index in [0.717, 1.165) is 6.54 Å². The third kappa shape index (κ3) is 3.09. The van der Waals surface area contributed by atoms with Gasteiger partial charge in [-0.25, -0.2) is 0 Å². The molecule has 100 valence electrons. The summed E-state index contributed by atoms with van der Waals surface area (Å²) in [7, 11) is 1.98. The Balaban J connectivity index is 1.87. The molecule has 0 radical (unpaired) electrons. The number of benzene rings is 1. The number of hydrogen-bond acceptors (Lipinski definition) is 4. The van der Waals surface area contributed by atoms with E-state index in [2.05, 4.69) is 17.0 Å². The fourth-order valence-corrected chi connectivity index (χ4v) is 2.35. The van der Waals surface area contributed by atoms with Crippen LogP contribution in [0, 0.1) is 0 Å². The van der Waals surface area contributed by atoms with Gasteiger partial charge >= 0.3 is 0 Å². The highest BCUT2D eigenvalue weighted by atomic mass is 16.5. The molecule has 0 saturated carbocycles. The topological polar surface area (TPSA) is 52.9 Å². The molecule has 1 saturated heterocycles. The van der Waals surface area contributed by atoms with Crippen molar-refractivity contribution in [1.82, 2.24) is 4.90 Å². The Kier molecular flexibility index (Phi) is 4.35. The fourth-order valence-electron chi connectivity index (χ4n) is 2.35. The molecule has 1 aromatic rings. The van der Waals surface area contributed by atoms with Crippen LogP contribution in [0.2, 0.25) is 0 Å². The van der Waals surface area contributed by atoms with Crippen LogP contribution in [0.3, 0.4) is 0 Å². The second kappa shape index (κ2) is 5.80. The molecule has 4 heteroatoms. The van der Waals surface area contributed by atoms with Gasteiger partial charge in [-0.15, -0.1) is 0 Å². The number of ether oxygens (including phenoxy) is 1. The summed E-state index contributed by atoms with van der Waals surface area (Å²) in [5.74, 6) is 0. The maximum Gasteiger partial charge on any atom is 0.110 e. The minimum Gasteiger partial charge on any atom is -0.388 e. The van der Waals surface area contributed by atoms with Crippen molar-refractivity contribution in [3.05, 3.63) is 35.9 Å². The smallest absolute Gasteiger partial charge is 0.110 e. The van der Waals surface area contributed by atoms with Crippen LogP contribution in [0.25, 0.3) is 0 Å². The van der Waals surface area contributed by atoms with Gasteiger partial charge in [-0.3, -0.25) is 4.90 Å². The lowest BCUT2D eigenvalue weighted by atomic mass is 10.1. The Bertz CT molecular complexity index is 371. The zero-order valence-corrected chi connectivity index (χ0v) is 10.9. The predicted molar refractivity (Wildman–Crippen MR) is 69.1 cm³/mol. The van der Waals surface area contributed by atoms with Gasteiger partial charge in [0.05, 0.1) is 12.2 Å². The molecule has 1 fully saturated rings. The van der Waals surface area contributed by atoms with Crippen LogP contribution in [0.5, 0.6) is 0 Å². The highest BCUT2D eigenvalue weighted by molar-refractivity contribution is 5.14. The average molecular weight is 251 g/mol. The van der Waals surface area contributed by atoms with E-state index in [1.54, 1.807) is 6.92 Å². The molecule has 1 aliphatic rings. The number of hydrogen-bond donors (Lipinski definition) is 2. The van der Waals surface area contributed by atoms with Gasteiger partial charge in [0.1, 0.15) is 12.2 Å². The average Bonchev–Trinajstić information content (AvgIpc) is 2.58. The lowest BCUT2D eigenvalue weighted by Crippen LogP contribution is -2.38. The van der Waals surface area contributed by atoms with Crippen LogP contribution >= 0.6 is 0 Å². The molecule has 1 aliphatic heterocycles. The second-order valence-corrected chi connectivity index (χ2v) is 5.04. The lowest BCUT2D eigenvalue weighted by molar-refractivity contribution is -0.00253. The fraction of sp³-hybridized carbons (Fsp3) is 0.571. The quantitative estimate of drug-likeness (QED) is 0.824. The summed E-state index contributed by atoms with van der Waals surface area (Å²) in [4.78, 5) is 2.09. The van der Waals surface area contributed by atoms with Gasteiger partial charge in [0.15, 0.2) is 0 Å². The van der Waals surface area contributed by atoms with Crippen LogP contribution in [0.15, 0.2) is 30.3 Å². The van der Waals surface area contributed by atoms with Crippen molar-refractivity contribution in [1.29, 1.82) is 0 Å². The zero-order valence-electron chi connectivity index (χ0n) is 10.9. The van der Waals surface area contributed by atoms with Crippen molar-refractivity contribution in [2.24, 2.45) is 0 Å². The first-order valence-corrected chi connectivity index (χ1v) is 6.32. The van der Waals surface area contributed by atoms with Crippen molar-refractivity contribution in [2.45, 2.75) is 37.9 Å². The largest absolute Gasteiger partial charge is 0.388 e. The molecule has 0 aliphatic carbocycles. The van der Waals surface area contributed by atoms with Crippen molar-refractivity contribution < 1.29 is 14.9 Å². The van der Waals surface area contributed by atoms with Gasteiger partial charge in [-0.05, 0) is 19.5 Å². The molecular weight excluding hydrogens is 230 g/mol. The molecule has 0 bridgehead atoms. The lowest BCUT2D eigenvalue weighted by Gasteiger charge is -2.22. The van der Waals surface area contributed by atoms with Gasteiger partial charge in [0.2, 0.25) is 0 Å². The summed E-state index contributed by atoms with van der Waals surface area (Å²) in [5.41, 5.74) is 1.22. The number of nitrogens with zero attached hydrogens (tertiary/aromatic N) is 1. The van der Waals surface area contributed by atoms with Gasteiger partial charge in [0.25, 0.3) is 0 Å².